The molecule has 0 amide bonds. The average Bonchev–Trinajstić information content (AvgIpc) is 3.16. The first-order valence-electron chi connectivity index (χ1n) is 8.51. The van der Waals surface area contributed by atoms with Crippen molar-refractivity contribution in [2.75, 3.05) is 14.2 Å². The first kappa shape index (κ1) is 18.7. The monoisotopic (exact) mass is 400 g/mol. The second-order valence-electron chi connectivity index (χ2n) is 6.15. The average molecular weight is 400 g/mol. The third kappa shape index (κ3) is 3.46. The molecule has 0 radical (unpaired) electrons. The van der Waals surface area contributed by atoms with Crippen LogP contribution < -0.4 is 9.47 Å². The second-order valence-corrected chi connectivity index (χ2v) is 6.15. The van der Waals surface area contributed by atoms with Crippen LogP contribution in [-0.4, -0.2) is 33.7 Å². The minimum Gasteiger partial charge on any atom is -0.480 e. The third-order valence-electron chi connectivity index (χ3n) is 4.42. The van der Waals surface area contributed by atoms with Gasteiger partial charge in [-0.1, -0.05) is 12.1 Å². The van der Waals surface area contributed by atoms with Gasteiger partial charge in [-0.05, 0) is 35.9 Å². The second kappa shape index (κ2) is 7.08. The van der Waals surface area contributed by atoms with Gasteiger partial charge in [-0.25, -0.2) is 9.97 Å². The maximum atomic E-state index is 12.9. The highest BCUT2D eigenvalue weighted by molar-refractivity contribution is 5.79. The smallest absolute Gasteiger partial charge is 0.416 e. The number of ether oxygens (including phenoxy) is 2. The van der Waals surface area contributed by atoms with Gasteiger partial charge in [0.05, 0.1) is 36.4 Å². The molecule has 0 aliphatic carbocycles. The van der Waals surface area contributed by atoms with Crippen molar-refractivity contribution in [1.29, 1.82) is 0 Å². The molecule has 2 aromatic carbocycles. The number of hydrogen-bond acceptors (Lipinski definition) is 5. The molecule has 0 N–H and O–H groups in total. The topological polar surface area (TPSA) is 62.1 Å². The minimum atomic E-state index is -4.41. The molecule has 9 heteroatoms. The Morgan fingerprint density at radius 1 is 0.966 bits per heavy atom. The van der Waals surface area contributed by atoms with Crippen LogP contribution in [0.5, 0.6) is 11.9 Å². The summed E-state index contributed by atoms with van der Waals surface area (Å²) in [6.45, 7) is 0. The van der Waals surface area contributed by atoms with Crippen molar-refractivity contribution in [3.63, 3.8) is 0 Å². The predicted octanol–water partition coefficient (Wildman–Crippen LogP) is 4.52. The van der Waals surface area contributed by atoms with Crippen LogP contribution in [0.25, 0.3) is 27.8 Å². The lowest BCUT2D eigenvalue weighted by molar-refractivity contribution is -0.137. The number of halogens is 3. The van der Waals surface area contributed by atoms with E-state index < -0.39 is 11.7 Å². The Hall–Kier alpha value is -3.62. The quantitative estimate of drug-likeness (QED) is 0.504. The zero-order chi connectivity index (χ0) is 20.6. The zero-order valence-corrected chi connectivity index (χ0v) is 15.4. The van der Waals surface area contributed by atoms with Gasteiger partial charge >= 0.3 is 12.2 Å². The summed E-state index contributed by atoms with van der Waals surface area (Å²) < 4.78 is 50.9. The van der Waals surface area contributed by atoms with E-state index in [-0.39, 0.29) is 11.5 Å². The van der Waals surface area contributed by atoms with E-state index in [9.17, 15) is 13.2 Å². The van der Waals surface area contributed by atoms with Gasteiger partial charge in [0.15, 0.2) is 0 Å². The molecule has 6 nitrogen and oxygen atoms in total. The van der Waals surface area contributed by atoms with Crippen LogP contribution >= 0.6 is 0 Å². The van der Waals surface area contributed by atoms with Crippen molar-refractivity contribution in [2.24, 2.45) is 0 Å². The molecule has 0 spiro atoms. The highest BCUT2D eigenvalue weighted by atomic mass is 19.4. The first-order chi connectivity index (χ1) is 13.9. The van der Waals surface area contributed by atoms with Crippen molar-refractivity contribution < 1.29 is 22.6 Å². The number of benzene rings is 2. The fourth-order valence-electron chi connectivity index (χ4n) is 3.02. The number of imidazole rings is 1. The number of methoxy groups -OCH3 is 2. The molecule has 4 rings (SSSR count). The van der Waals surface area contributed by atoms with E-state index in [0.29, 0.717) is 17.0 Å². The van der Waals surface area contributed by atoms with Crippen LogP contribution in [0.2, 0.25) is 0 Å². The summed E-state index contributed by atoms with van der Waals surface area (Å²) in [7, 11) is 2.96. The van der Waals surface area contributed by atoms with Crippen LogP contribution in [0.1, 0.15) is 5.56 Å². The van der Waals surface area contributed by atoms with Crippen molar-refractivity contribution in [1.82, 2.24) is 19.5 Å². The van der Waals surface area contributed by atoms with E-state index in [2.05, 4.69) is 15.0 Å². The van der Waals surface area contributed by atoms with Gasteiger partial charge in [-0.15, -0.1) is 0 Å². The number of aromatic nitrogens is 4. The molecule has 0 atom stereocenters. The number of alkyl halides is 3. The van der Waals surface area contributed by atoms with Gasteiger partial charge in [0.2, 0.25) is 5.88 Å². The molecule has 0 aliphatic heterocycles. The summed E-state index contributed by atoms with van der Waals surface area (Å²) in [6.07, 6.45) is -1.33. The molecule has 0 saturated heterocycles. The van der Waals surface area contributed by atoms with Crippen LogP contribution in [0, 0.1) is 0 Å². The van der Waals surface area contributed by atoms with E-state index in [1.807, 2.05) is 24.3 Å². The molecule has 2 heterocycles. The Bertz CT molecular complexity index is 1190. The number of rotatable bonds is 4. The molecule has 148 valence electrons. The summed E-state index contributed by atoms with van der Waals surface area (Å²) in [5.41, 5.74) is 2.24. The highest BCUT2D eigenvalue weighted by Gasteiger charge is 2.30. The normalized spacial score (nSPS) is 11.6. The predicted molar refractivity (Wildman–Crippen MR) is 100 cm³/mol. The van der Waals surface area contributed by atoms with Gasteiger partial charge in [0, 0.05) is 11.9 Å². The van der Waals surface area contributed by atoms with Gasteiger partial charge in [0.1, 0.15) is 6.33 Å². The van der Waals surface area contributed by atoms with Crippen molar-refractivity contribution in [2.45, 2.75) is 6.18 Å². The largest absolute Gasteiger partial charge is 0.480 e. The van der Waals surface area contributed by atoms with Gasteiger partial charge < -0.3 is 9.47 Å². The third-order valence-corrected chi connectivity index (χ3v) is 4.42. The zero-order valence-electron chi connectivity index (χ0n) is 15.4. The molecule has 0 unspecified atom stereocenters. The molecule has 0 saturated carbocycles. The van der Waals surface area contributed by atoms with E-state index in [0.717, 1.165) is 23.4 Å². The maximum Gasteiger partial charge on any atom is 0.416 e. The number of fused-ring (bicyclic) bond motifs is 1. The van der Waals surface area contributed by atoms with E-state index in [1.54, 1.807) is 10.8 Å². The lowest BCUT2D eigenvalue weighted by Gasteiger charge is -2.11. The molecule has 0 aliphatic rings. The Morgan fingerprint density at radius 2 is 1.79 bits per heavy atom. The van der Waals surface area contributed by atoms with Crippen LogP contribution in [0.3, 0.4) is 0 Å². The standard InChI is InChI=1S/C20H15F3N4O2/c1-28-18-15(10-24-19(26-18)29-2)12-4-3-5-14(8-12)27-11-25-16-9-13(20(21,22)23)6-7-17(16)27/h3-11H,1-2H3. The number of hydrogen-bond donors (Lipinski definition) is 0. The Balaban J connectivity index is 1.79. The minimum absolute atomic E-state index is 0.183. The van der Waals surface area contributed by atoms with Crippen molar-refractivity contribution in [3.05, 3.63) is 60.6 Å². The van der Waals surface area contributed by atoms with Gasteiger partial charge in [0.25, 0.3) is 0 Å². The molecule has 29 heavy (non-hydrogen) atoms. The molecular weight excluding hydrogens is 385 g/mol. The van der Waals surface area contributed by atoms with Crippen molar-refractivity contribution in [3.8, 4) is 28.7 Å². The van der Waals surface area contributed by atoms with Crippen LogP contribution in [0.4, 0.5) is 13.2 Å². The Kier molecular flexibility index (Phi) is 4.57. The molecular formula is C20H15F3N4O2. The van der Waals surface area contributed by atoms with E-state index in [4.69, 9.17) is 9.47 Å². The summed E-state index contributed by atoms with van der Waals surface area (Å²) in [6, 6.07) is 11.0. The van der Waals surface area contributed by atoms with Gasteiger partial charge in [-0.2, -0.15) is 18.2 Å². The summed E-state index contributed by atoms with van der Waals surface area (Å²) in [4.78, 5) is 12.4. The van der Waals surface area contributed by atoms with Crippen molar-refractivity contribution >= 4 is 11.0 Å². The summed E-state index contributed by atoms with van der Waals surface area (Å²) >= 11 is 0. The summed E-state index contributed by atoms with van der Waals surface area (Å²) in [5, 5.41) is 0. The van der Waals surface area contributed by atoms with E-state index >= 15 is 0 Å². The van der Waals surface area contributed by atoms with E-state index in [1.165, 1.54) is 26.6 Å². The SMILES string of the molecule is COc1ncc(-c2cccc(-n3cnc4cc(C(F)(F)F)ccc43)c2)c(OC)n1. The molecule has 4 aromatic rings. The fraction of sp³-hybridized carbons (Fsp3) is 0.150. The lowest BCUT2D eigenvalue weighted by Crippen LogP contribution is -2.04. The van der Waals surface area contributed by atoms with Gasteiger partial charge in [-0.3, -0.25) is 4.57 Å². The molecule has 2 aromatic heterocycles. The fourth-order valence-corrected chi connectivity index (χ4v) is 3.02. The maximum absolute atomic E-state index is 12.9. The summed E-state index contributed by atoms with van der Waals surface area (Å²) in [5.74, 6) is 0.347. The number of nitrogens with zero attached hydrogens (tertiary/aromatic N) is 4. The van der Waals surface area contributed by atoms with Crippen LogP contribution in [0.15, 0.2) is 55.0 Å². The highest BCUT2D eigenvalue weighted by Crippen LogP contribution is 2.33. The first-order valence-corrected chi connectivity index (χ1v) is 8.51. The van der Waals surface area contributed by atoms with Crippen LogP contribution in [-0.2, 0) is 6.18 Å². The Morgan fingerprint density at radius 3 is 2.52 bits per heavy atom. The lowest BCUT2D eigenvalue weighted by atomic mass is 10.1. The molecule has 0 bridgehead atoms. The molecule has 0 fully saturated rings. The Labute approximate surface area is 163 Å².